The molecule has 1 atom stereocenters. The molecule has 2 N–H and O–H groups in total. The number of nitrogens with zero attached hydrogens (tertiary/aromatic N) is 1. The zero-order valence-corrected chi connectivity index (χ0v) is 9.31. The Balaban J connectivity index is 3.16. The van der Waals surface area contributed by atoms with Crippen molar-refractivity contribution >= 4 is 5.91 Å². The zero-order chi connectivity index (χ0) is 12.3. The van der Waals surface area contributed by atoms with Crippen LogP contribution in [0, 0.1) is 11.7 Å². The maximum absolute atomic E-state index is 13.1. The number of carbonyl (C=O) groups excluding carboxylic acids is 1. The number of nitrogens with two attached hydrogens (primary N) is 1. The second-order valence-corrected chi connectivity index (χ2v) is 4.12. The fourth-order valence-corrected chi connectivity index (χ4v) is 1.54. The van der Waals surface area contributed by atoms with Crippen LogP contribution in [0.4, 0.5) is 4.39 Å². The summed E-state index contributed by atoms with van der Waals surface area (Å²) < 4.78 is 14.1. The van der Waals surface area contributed by atoms with Gasteiger partial charge in [0, 0.05) is 6.20 Å². The second-order valence-electron chi connectivity index (χ2n) is 4.12. The van der Waals surface area contributed by atoms with Crippen molar-refractivity contribution in [2.75, 3.05) is 0 Å². The normalized spacial score (nSPS) is 12.8. The Hall–Kier alpha value is -1.65. The van der Waals surface area contributed by atoms with Crippen LogP contribution in [-0.4, -0.2) is 10.5 Å². The lowest BCUT2D eigenvalue weighted by atomic mass is 10.0. The van der Waals surface area contributed by atoms with Crippen molar-refractivity contribution in [1.82, 2.24) is 4.57 Å². The van der Waals surface area contributed by atoms with Gasteiger partial charge in [0.1, 0.15) is 6.04 Å². The Morgan fingerprint density at radius 1 is 1.56 bits per heavy atom. The van der Waals surface area contributed by atoms with Crippen LogP contribution in [0.15, 0.2) is 23.1 Å². The molecule has 0 radical (unpaired) electrons. The number of amides is 1. The lowest BCUT2D eigenvalue weighted by Crippen LogP contribution is -2.35. The molecule has 0 aliphatic carbocycles. The number of aromatic nitrogens is 1. The summed E-state index contributed by atoms with van der Waals surface area (Å²) in [7, 11) is 0. The SMILES string of the molecule is CC(C)CC(C(N)=O)n1cccc(F)c1=O. The van der Waals surface area contributed by atoms with E-state index in [1.807, 2.05) is 13.8 Å². The summed E-state index contributed by atoms with van der Waals surface area (Å²) in [5, 5.41) is 0. The Kier molecular flexibility index (Phi) is 3.82. The monoisotopic (exact) mass is 226 g/mol. The maximum atomic E-state index is 13.1. The van der Waals surface area contributed by atoms with Gasteiger partial charge in [0.25, 0.3) is 5.56 Å². The third-order valence-electron chi connectivity index (χ3n) is 2.29. The number of hydrogen-bond donors (Lipinski definition) is 1. The van der Waals surface area contributed by atoms with Gasteiger partial charge >= 0.3 is 0 Å². The molecule has 0 aromatic carbocycles. The van der Waals surface area contributed by atoms with E-state index in [1.54, 1.807) is 0 Å². The summed E-state index contributed by atoms with van der Waals surface area (Å²) in [5.41, 5.74) is 4.40. The molecular weight excluding hydrogens is 211 g/mol. The molecule has 1 aromatic rings. The van der Waals surface area contributed by atoms with E-state index < -0.39 is 23.3 Å². The lowest BCUT2D eigenvalue weighted by Gasteiger charge is -2.18. The number of pyridine rings is 1. The van der Waals surface area contributed by atoms with Gasteiger partial charge in [-0.05, 0) is 24.5 Å². The van der Waals surface area contributed by atoms with Gasteiger partial charge < -0.3 is 10.3 Å². The average Bonchev–Trinajstić information content (AvgIpc) is 2.18. The van der Waals surface area contributed by atoms with E-state index in [4.69, 9.17) is 5.73 Å². The van der Waals surface area contributed by atoms with E-state index >= 15 is 0 Å². The van der Waals surface area contributed by atoms with Crippen molar-refractivity contribution in [3.63, 3.8) is 0 Å². The number of halogens is 1. The topological polar surface area (TPSA) is 65.1 Å². The number of rotatable bonds is 4. The first-order chi connectivity index (χ1) is 7.43. The first-order valence-electron chi connectivity index (χ1n) is 5.09. The second kappa shape index (κ2) is 4.92. The summed E-state index contributed by atoms with van der Waals surface area (Å²) in [6.07, 6.45) is 1.79. The molecule has 16 heavy (non-hydrogen) atoms. The molecule has 0 aliphatic rings. The fourth-order valence-electron chi connectivity index (χ4n) is 1.54. The summed E-state index contributed by atoms with van der Waals surface area (Å²) in [5.74, 6) is -1.31. The molecule has 1 unspecified atom stereocenters. The Morgan fingerprint density at radius 2 is 2.19 bits per heavy atom. The van der Waals surface area contributed by atoms with Gasteiger partial charge in [0.2, 0.25) is 5.91 Å². The summed E-state index contributed by atoms with van der Waals surface area (Å²) in [4.78, 5) is 22.7. The van der Waals surface area contributed by atoms with E-state index in [0.29, 0.717) is 6.42 Å². The van der Waals surface area contributed by atoms with Gasteiger partial charge in [-0.2, -0.15) is 0 Å². The predicted molar refractivity (Wildman–Crippen MR) is 58.3 cm³/mol. The third-order valence-corrected chi connectivity index (χ3v) is 2.29. The van der Waals surface area contributed by atoms with E-state index in [1.165, 1.54) is 12.3 Å². The smallest absolute Gasteiger partial charge is 0.287 e. The van der Waals surface area contributed by atoms with Gasteiger partial charge in [-0.3, -0.25) is 9.59 Å². The minimum absolute atomic E-state index is 0.188. The molecule has 88 valence electrons. The van der Waals surface area contributed by atoms with Gasteiger partial charge in [0.05, 0.1) is 0 Å². The summed E-state index contributed by atoms with van der Waals surface area (Å²) in [6.45, 7) is 3.81. The van der Waals surface area contributed by atoms with E-state index in [2.05, 4.69) is 0 Å². The van der Waals surface area contributed by atoms with E-state index in [-0.39, 0.29) is 5.92 Å². The molecule has 1 rings (SSSR count). The van der Waals surface area contributed by atoms with Crippen LogP contribution in [0.3, 0.4) is 0 Å². The van der Waals surface area contributed by atoms with Crippen molar-refractivity contribution in [1.29, 1.82) is 0 Å². The van der Waals surface area contributed by atoms with Crippen molar-refractivity contribution in [2.24, 2.45) is 11.7 Å². The lowest BCUT2D eigenvalue weighted by molar-refractivity contribution is -0.121. The van der Waals surface area contributed by atoms with Crippen LogP contribution in [0.25, 0.3) is 0 Å². The Labute approximate surface area is 92.9 Å². The molecule has 0 bridgehead atoms. The van der Waals surface area contributed by atoms with Gasteiger partial charge in [0.15, 0.2) is 5.82 Å². The average molecular weight is 226 g/mol. The minimum Gasteiger partial charge on any atom is -0.368 e. The predicted octanol–water partition coefficient (Wildman–Crippen LogP) is 1.06. The number of hydrogen-bond acceptors (Lipinski definition) is 2. The highest BCUT2D eigenvalue weighted by atomic mass is 19.1. The summed E-state index contributed by atoms with van der Waals surface area (Å²) in [6, 6.07) is 1.66. The van der Waals surface area contributed by atoms with E-state index in [0.717, 1.165) is 10.6 Å². The summed E-state index contributed by atoms with van der Waals surface area (Å²) >= 11 is 0. The molecule has 4 nitrogen and oxygen atoms in total. The van der Waals surface area contributed by atoms with E-state index in [9.17, 15) is 14.0 Å². The maximum Gasteiger partial charge on any atom is 0.287 e. The van der Waals surface area contributed by atoms with Gasteiger partial charge in [-0.15, -0.1) is 0 Å². The molecular formula is C11H15FN2O2. The molecule has 1 aromatic heterocycles. The van der Waals surface area contributed by atoms with Crippen LogP contribution in [-0.2, 0) is 4.79 Å². The fraction of sp³-hybridized carbons (Fsp3) is 0.455. The number of primary amides is 1. The molecule has 0 aliphatic heterocycles. The first kappa shape index (κ1) is 12.4. The van der Waals surface area contributed by atoms with Crippen LogP contribution >= 0.6 is 0 Å². The van der Waals surface area contributed by atoms with Crippen LogP contribution in [0.2, 0.25) is 0 Å². The Morgan fingerprint density at radius 3 is 2.69 bits per heavy atom. The molecule has 0 spiro atoms. The van der Waals surface area contributed by atoms with Gasteiger partial charge in [-0.1, -0.05) is 13.8 Å². The quantitative estimate of drug-likeness (QED) is 0.834. The van der Waals surface area contributed by atoms with Crippen molar-refractivity contribution in [3.05, 3.63) is 34.5 Å². The highest BCUT2D eigenvalue weighted by Crippen LogP contribution is 2.15. The Bertz CT molecular complexity index is 440. The van der Waals surface area contributed by atoms with Crippen LogP contribution < -0.4 is 11.3 Å². The molecule has 5 heteroatoms. The zero-order valence-electron chi connectivity index (χ0n) is 9.31. The standard InChI is InChI=1S/C11H15FN2O2/c1-7(2)6-9(10(13)15)14-5-3-4-8(12)11(14)16/h3-5,7,9H,6H2,1-2H3,(H2,13,15). The van der Waals surface area contributed by atoms with Crippen molar-refractivity contribution in [3.8, 4) is 0 Å². The molecule has 1 heterocycles. The highest BCUT2D eigenvalue weighted by molar-refractivity contribution is 5.78. The van der Waals surface area contributed by atoms with Gasteiger partial charge in [-0.25, -0.2) is 4.39 Å². The van der Waals surface area contributed by atoms with Crippen molar-refractivity contribution < 1.29 is 9.18 Å². The van der Waals surface area contributed by atoms with Crippen molar-refractivity contribution in [2.45, 2.75) is 26.3 Å². The number of carbonyl (C=O) groups is 1. The molecule has 0 saturated carbocycles. The van der Waals surface area contributed by atoms with Crippen LogP contribution in [0.5, 0.6) is 0 Å². The third kappa shape index (κ3) is 2.68. The first-order valence-corrected chi connectivity index (χ1v) is 5.09. The molecule has 1 amide bonds. The van der Waals surface area contributed by atoms with Crippen LogP contribution in [0.1, 0.15) is 26.3 Å². The largest absolute Gasteiger partial charge is 0.368 e. The molecule has 0 fully saturated rings. The highest BCUT2D eigenvalue weighted by Gasteiger charge is 2.20. The minimum atomic E-state index is -0.877. The molecule has 0 saturated heterocycles.